The summed E-state index contributed by atoms with van der Waals surface area (Å²) in [6, 6.07) is 1.25. The summed E-state index contributed by atoms with van der Waals surface area (Å²) in [5.41, 5.74) is -0.480. The first kappa shape index (κ1) is 15.2. The lowest BCUT2D eigenvalue weighted by Crippen LogP contribution is -2.36. The molecule has 0 saturated heterocycles. The Morgan fingerprint density at radius 3 is 2.63 bits per heavy atom. The number of hydrogen-bond donors (Lipinski definition) is 0. The maximum Gasteiger partial charge on any atom is 0.306 e. The molecule has 0 saturated carbocycles. The average Bonchev–Trinajstić information content (AvgIpc) is 2.72. The predicted octanol–water partition coefficient (Wildman–Crippen LogP) is 0.275. The predicted molar refractivity (Wildman–Crippen MR) is 67.1 cm³/mol. The molecule has 1 heterocycles. The number of rotatable bonds is 6. The monoisotopic (exact) mass is 270 g/mol. The van der Waals surface area contributed by atoms with Crippen LogP contribution >= 0.6 is 0 Å². The van der Waals surface area contributed by atoms with E-state index in [2.05, 4.69) is 4.74 Å². The number of carbonyl (C=O) groups is 2. The van der Waals surface area contributed by atoms with Gasteiger partial charge in [0, 0.05) is 12.6 Å². The first-order chi connectivity index (χ1) is 8.97. The Labute approximate surface area is 110 Å². The number of nitrogens with zero attached hydrogens (tertiary/aromatic N) is 2. The molecule has 0 fully saturated rings. The zero-order chi connectivity index (χ0) is 14.4. The molecule has 1 aromatic rings. The largest absolute Gasteiger partial charge is 0.469 e. The molecule has 0 atom stereocenters. The molecule has 7 heteroatoms. The van der Waals surface area contributed by atoms with Crippen molar-refractivity contribution < 1.29 is 18.8 Å². The molecule has 0 unspecified atom stereocenters. The summed E-state index contributed by atoms with van der Waals surface area (Å²) in [6.45, 7) is 4.45. The summed E-state index contributed by atoms with van der Waals surface area (Å²) in [7, 11) is 1.31. The topological polar surface area (TPSA) is 81.8 Å². The summed E-state index contributed by atoms with van der Waals surface area (Å²) in [5.74, 6) is -0.405. The molecule has 0 aliphatic carbocycles. The molecule has 1 aromatic heterocycles. The van der Waals surface area contributed by atoms with Gasteiger partial charge in [0.2, 0.25) is 0 Å². The second kappa shape index (κ2) is 6.89. The van der Waals surface area contributed by atoms with Crippen molar-refractivity contribution in [3.05, 3.63) is 22.2 Å². The molecule has 106 valence electrons. The normalized spacial score (nSPS) is 10.7. The zero-order valence-corrected chi connectivity index (χ0v) is 11.3. The summed E-state index contributed by atoms with van der Waals surface area (Å²) in [6.07, 6.45) is 0.198. The third kappa shape index (κ3) is 4.36. The summed E-state index contributed by atoms with van der Waals surface area (Å²) in [5, 5.41) is 0. The molecule has 7 nitrogen and oxygen atoms in total. The second-order valence-electron chi connectivity index (χ2n) is 4.07. The van der Waals surface area contributed by atoms with Gasteiger partial charge in [0.25, 0.3) is 11.5 Å². The van der Waals surface area contributed by atoms with Crippen LogP contribution in [0.1, 0.15) is 23.9 Å². The van der Waals surface area contributed by atoms with Crippen LogP contribution in [0.15, 0.2) is 15.4 Å². The molecular weight excluding hydrogens is 252 g/mol. The Balaban J connectivity index is 2.60. The number of ether oxygens (including phenoxy) is 1. The molecule has 0 bridgehead atoms. The smallest absolute Gasteiger partial charge is 0.306 e. The average molecular weight is 270 g/mol. The maximum absolute atomic E-state index is 11.9. The van der Waals surface area contributed by atoms with Gasteiger partial charge in [0.1, 0.15) is 5.76 Å². The van der Waals surface area contributed by atoms with E-state index in [1.807, 2.05) is 6.92 Å². The Morgan fingerprint density at radius 1 is 1.47 bits per heavy atom. The lowest BCUT2D eigenvalue weighted by atomic mass is 10.3. The van der Waals surface area contributed by atoms with E-state index in [-0.39, 0.29) is 18.9 Å². The van der Waals surface area contributed by atoms with Crippen LogP contribution in [-0.4, -0.2) is 48.3 Å². The fourth-order valence-electron chi connectivity index (χ4n) is 1.58. The number of methoxy groups -OCH3 is 1. The number of carbonyl (C=O) groups excluding carboxylic acids is 2. The lowest BCUT2D eigenvalue weighted by molar-refractivity contribution is -0.140. The standard InChI is InChI=1S/C12H18N2O5/c1-4-13(6-5-12(17)18-3)8-11(16)14-10(15)7-9(2)19-14/h7H,4-6,8H2,1-3H3. The minimum atomic E-state index is -0.480. The Kier molecular flexibility index (Phi) is 5.50. The minimum Gasteiger partial charge on any atom is -0.469 e. The molecule has 1 rings (SSSR count). The highest BCUT2D eigenvalue weighted by Crippen LogP contribution is 1.97. The van der Waals surface area contributed by atoms with Crippen LogP contribution < -0.4 is 5.56 Å². The highest BCUT2D eigenvalue weighted by Gasteiger charge is 2.16. The van der Waals surface area contributed by atoms with E-state index in [9.17, 15) is 14.4 Å². The van der Waals surface area contributed by atoms with E-state index in [1.165, 1.54) is 13.2 Å². The van der Waals surface area contributed by atoms with Crippen LogP contribution in [0.2, 0.25) is 0 Å². The third-order valence-electron chi connectivity index (χ3n) is 2.65. The summed E-state index contributed by atoms with van der Waals surface area (Å²) >= 11 is 0. The van der Waals surface area contributed by atoms with Crippen LogP contribution in [0, 0.1) is 6.92 Å². The molecular formula is C12H18N2O5. The van der Waals surface area contributed by atoms with E-state index in [0.717, 1.165) is 4.74 Å². The minimum absolute atomic E-state index is 0.0142. The highest BCUT2D eigenvalue weighted by atomic mass is 16.5. The van der Waals surface area contributed by atoms with E-state index in [4.69, 9.17) is 4.52 Å². The van der Waals surface area contributed by atoms with Crippen LogP contribution in [0.5, 0.6) is 0 Å². The van der Waals surface area contributed by atoms with Crippen LogP contribution in [0.25, 0.3) is 0 Å². The quantitative estimate of drug-likeness (QED) is 0.690. The van der Waals surface area contributed by atoms with Crippen molar-refractivity contribution in [3.63, 3.8) is 0 Å². The first-order valence-corrected chi connectivity index (χ1v) is 6.00. The van der Waals surface area contributed by atoms with E-state index in [0.29, 0.717) is 18.8 Å². The van der Waals surface area contributed by atoms with Gasteiger partial charge < -0.3 is 9.26 Å². The van der Waals surface area contributed by atoms with Gasteiger partial charge in [-0.1, -0.05) is 6.92 Å². The first-order valence-electron chi connectivity index (χ1n) is 6.00. The number of esters is 1. The number of aryl methyl sites for hydroxylation is 1. The maximum atomic E-state index is 11.9. The molecule has 0 N–H and O–H groups in total. The van der Waals surface area contributed by atoms with E-state index < -0.39 is 11.5 Å². The molecule has 0 aliphatic rings. The number of aromatic nitrogens is 1. The molecule has 0 aliphatic heterocycles. The zero-order valence-electron chi connectivity index (χ0n) is 11.3. The van der Waals surface area contributed by atoms with Crippen molar-refractivity contribution in [2.45, 2.75) is 20.3 Å². The fourth-order valence-corrected chi connectivity index (χ4v) is 1.58. The number of hydrogen-bond acceptors (Lipinski definition) is 6. The SMILES string of the molecule is CCN(CCC(=O)OC)CC(=O)n1oc(C)cc1=O. The van der Waals surface area contributed by atoms with Crippen LogP contribution in [-0.2, 0) is 9.53 Å². The van der Waals surface area contributed by atoms with Crippen molar-refractivity contribution in [1.29, 1.82) is 0 Å². The van der Waals surface area contributed by atoms with Crippen LogP contribution in [0.3, 0.4) is 0 Å². The van der Waals surface area contributed by atoms with Crippen LogP contribution in [0.4, 0.5) is 0 Å². The lowest BCUT2D eigenvalue weighted by Gasteiger charge is -2.18. The third-order valence-corrected chi connectivity index (χ3v) is 2.65. The second-order valence-corrected chi connectivity index (χ2v) is 4.07. The van der Waals surface area contributed by atoms with Crippen molar-refractivity contribution in [2.75, 3.05) is 26.7 Å². The van der Waals surface area contributed by atoms with Crippen molar-refractivity contribution >= 4 is 11.9 Å². The fraction of sp³-hybridized carbons (Fsp3) is 0.583. The van der Waals surface area contributed by atoms with Gasteiger partial charge in [-0.25, -0.2) is 0 Å². The Morgan fingerprint density at radius 2 is 2.16 bits per heavy atom. The van der Waals surface area contributed by atoms with Gasteiger partial charge in [-0.05, 0) is 13.5 Å². The van der Waals surface area contributed by atoms with E-state index in [1.54, 1.807) is 11.8 Å². The highest BCUT2D eigenvalue weighted by molar-refractivity contribution is 5.79. The molecule has 19 heavy (non-hydrogen) atoms. The van der Waals surface area contributed by atoms with Gasteiger partial charge in [-0.15, -0.1) is 4.74 Å². The molecule has 0 amide bonds. The molecule has 0 aromatic carbocycles. The van der Waals surface area contributed by atoms with E-state index >= 15 is 0 Å². The molecule has 0 radical (unpaired) electrons. The van der Waals surface area contributed by atoms with Gasteiger partial charge in [0.15, 0.2) is 0 Å². The van der Waals surface area contributed by atoms with Crippen molar-refractivity contribution in [3.8, 4) is 0 Å². The van der Waals surface area contributed by atoms with Crippen molar-refractivity contribution in [1.82, 2.24) is 9.64 Å². The summed E-state index contributed by atoms with van der Waals surface area (Å²) in [4.78, 5) is 36.1. The van der Waals surface area contributed by atoms with Gasteiger partial charge in [-0.2, -0.15) is 0 Å². The Bertz CT molecular complexity index is 502. The van der Waals surface area contributed by atoms with Gasteiger partial charge >= 0.3 is 5.97 Å². The number of likely N-dealkylation sites (N-methyl/N-ethyl adjacent to an activating group) is 1. The van der Waals surface area contributed by atoms with Gasteiger partial charge in [0.05, 0.1) is 20.1 Å². The summed E-state index contributed by atoms with van der Waals surface area (Å²) < 4.78 is 10.3. The van der Waals surface area contributed by atoms with Gasteiger partial charge in [-0.3, -0.25) is 19.3 Å². The van der Waals surface area contributed by atoms with Crippen molar-refractivity contribution in [2.24, 2.45) is 0 Å². The molecule has 0 spiro atoms. The Hall–Kier alpha value is -1.89.